The van der Waals surface area contributed by atoms with E-state index in [4.69, 9.17) is 26.4 Å². The lowest BCUT2D eigenvalue weighted by Gasteiger charge is -2.18. The van der Waals surface area contributed by atoms with Crippen molar-refractivity contribution in [3.05, 3.63) is 28.7 Å². The summed E-state index contributed by atoms with van der Waals surface area (Å²) >= 11 is 6.74. The van der Waals surface area contributed by atoms with Crippen LogP contribution < -0.4 is 9.47 Å². The van der Waals surface area contributed by atoms with Crippen LogP contribution in [-0.4, -0.2) is 48.1 Å². The van der Waals surface area contributed by atoms with E-state index in [2.05, 4.69) is 6.92 Å². The SMILES string of the molecule is CCCCOc1ccc(/C=C2\SC(=S)N(CC3CCCO3)C2=O)cc1OC. The fourth-order valence-electron chi connectivity index (χ4n) is 3.02. The Morgan fingerprint density at radius 3 is 2.96 bits per heavy atom. The van der Waals surface area contributed by atoms with Crippen molar-refractivity contribution in [3.8, 4) is 11.5 Å². The van der Waals surface area contributed by atoms with E-state index in [0.717, 1.165) is 37.9 Å². The molecule has 146 valence electrons. The third-order valence-corrected chi connectivity index (χ3v) is 5.90. The van der Waals surface area contributed by atoms with Crippen LogP contribution in [0, 0.1) is 0 Å². The van der Waals surface area contributed by atoms with E-state index >= 15 is 0 Å². The fourth-order valence-corrected chi connectivity index (χ4v) is 4.30. The lowest BCUT2D eigenvalue weighted by atomic mass is 10.1. The topological polar surface area (TPSA) is 48.0 Å². The van der Waals surface area contributed by atoms with Gasteiger partial charge in [-0.2, -0.15) is 0 Å². The number of hydrogen-bond donors (Lipinski definition) is 0. The molecule has 5 nitrogen and oxygen atoms in total. The molecule has 0 spiro atoms. The first-order chi connectivity index (χ1) is 13.1. The van der Waals surface area contributed by atoms with E-state index in [9.17, 15) is 4.79 Å². The quantitative estimate of drug-likeness (QED) is 0.365. The summed E-state index contributed by atoms with van der Waals surface area (Å²) < 4.78 is 17.4. The molecule has 0 aromatic heterocycles. The van der Waals surface area contributed by atoms with Crippen LogP contribution in [0.4, 0.5) is 0 Å². The van der Waals surface area contributed by atoms with Gasteiger partial charge in [-0.15, -0.1) is 0 Å². The highest BCUT2D eigenvalue weighted by molar-refractivity contribution is 8.26. The molecule has 2 fully saturated rings. The van der Waals surface area contributed by atoms with Gasteiger partial charge in [-0.25, -0.2) is 0 Å². The van der Waals surface area contributed by atoms with Gasteiger partial charge in [0, 0.05) is 6.61 Å². The minimum absolute atomic E-state index is 0.0530. The van der Waals surface area contributed by atoms with Crippen molar-refractivity contribution >= 4 is 40.3 Å². The molecule has 27 heavy (non-hydrogen) atoms. The van der Waals surface area contributed by atoms with Crippen molar-refractivity contribution in [1.82, 2.24) is 4.90 Å². The van der Waals surface area contributed by atoms with Gasteiger partial charge >= 0.3 is 0 Å². The molecule has 0 aliphatic carbocycles. The Hall–Kier alpha value is -1.57. The zero-order chi connectivity index (χ0) is 19.2. The first-order valence-electron chi connectivity index (χ1n) is 9.30. The first kappa shape index (κ1) is 20.2. The predicted octanol–water partition coefficient (Wildman–Crippen LogP) is 4.25. The third kappa shape index (κ3) is 5.03. The number of carbonyl (C=O) groups is 1. The number of thiocarbonyl (C=S) groups is 1. The summed E-state index contributed by atoms with van der Waals surface area (Å²) in [5.41, 5.74) is 0.882. The largest absolute Gasteiger partial charge is 0.493 e. The average Bonchev–Trinajstić information content (AvgIpc) is 3.27. The van der Waals surface area contributed by atoms with Crippen LogP contribution in [0.15, 0.2) is 23.1 Å². The normalized spacial score (nSPS) is 21.3. The smallest absolute Gasteiger partial charge is 0.266 e. The molecule has 7 heteroatoms. The summed E-state index contributed by atoms with van der Waals surface area (Å²) in [4.78, 5) is 15.0. The number of hydrogen-bond acceptors (Lipinski definition) is 6. The first-order valence-corrected chi connectivity index (χ1v) is 10.5. The number of nitrogens with zero attached hydrogens (tertiary/aromatic N) is 1. The molecule has 2 heterocycles. The highest BCUT2D eigenvalue weighted by atomic mass is 32.2. The van der Waals surface area contributed by atoms with Crippen LogP contribution >= 0.6 is 24.0 Å². The zero-order valence-electron chi connectivity index (χ0n) is 15.7. The molecule has 0 saturated carbocycles. The van der Waals surface area contributed by atoms with Crippen molar-refractivity contribution in [2.24, 2.45) is 0 Å². The molecular formula is C20H25NO4S2. The molecule has 0 N–H and O–H groups in total. The number of rotatable bonds is 8. The van der Waals surface area contributed by atoms with Crippen LogP contribution in [0.1, 0.15) is 38.2 Å². The number of carbonyl (C=O) groups excluding carboxylic acids is 1. The summed E-state index contributed by atoms with van der Waals surface area (Å²) in [5.74, 6) is 1.33. The second-order valence-corrected chi connectivity index (χ2v) is 8.22. The number of methoxy groups -OCH3 is 1. The summed E-state index contributed by atoms with van der Waals surface area (Å²) in [7, 11) is 1.62. The van der Waals surface area contributed by atoms with Crippen LogP contribution in [0.3, 0.4) is 0 Å². The number of amides is 1. The second kappa shape index (κ2) is 9.57. The number of unbranched alkanes of at least 4 members (excludes halogenated alkanes) is 1. The summed E-state index contributed by atoms with van der Waals surface area (Å²) in [6.45, 7) is 4.09. The van der Waals surface area contributed by atoms with Crippen molar-refractivity contribution < 1.29 is 19.0 Å². The van der Waals surface area contributed by atoms with Gasteiger partial charge in [0.05, 0.1) is 31.3 Å². The highest BCUT2D eigenvalue weighted by Gasteiger charge is 2.34. The minimum Gasteiger partial charge on any atom is -0.493 e. The van der Waals surface area contributed by atoms with E-state index in [1.165, 1.54) is 11.8 Å². The highest BCUT2D eigenvalue weighted by Crippen LogP contribution is 2.35. The molecular weight excluding hydrogens is 382 g/mol. The molecule has 2 aliphatic heterocycles. The Kier molecular flexibility index (Phi) is 7.15. The van der Waals surface area contributed by atoms with Gasteiger partial charge < -0.3 is 14.2 Å². The zero-order valence-corrected chi connectivity index (χ0v) is 17.4. The predicted molar refractivity (Wildman–Crippen MR) is 112 cm³/mol. The number of thioether (sulfide) groups is 1. The Bertz CT molecular complexity index is 729. The van der Waals surface area contributed by atoms with Gasteiger partial charge in [-0.3, -0.25) is 9.69 Å². The molecule has 0 bridgehead atoms. The molecule has 2 aliphatic rings. The van der Waals surface area contributed by atoms with E-state index in [-0.39, 0.29) is 12.0 Å². The van der Waals surface area contributed by atoms with Crippen LogP contribution in [-0.2, 0) is 9.53 Å². The van der Waals surface area contributed by atoms with Crippen molar-refractivity contribution in [3.63, 3.8) is 0 Å². The minimum atomic E-state index is -0.0530. The van der Waals surface area contributed by atoms with Crippen LogP contribution in [0.2, 0.25) is 0 Å². The molecule has 2 saturated heterocycles. The van der Waals surface area contributed by atoms with Crippen LogP contribution in [0.25, 0.3) is 6.08 Å². The van der Waals surface area contributed by atoms with Crippen molar-refractivity contribution in [2.75, 3.05) is 26.9 Å². The maximum atomic E-state index is 12.7. The number of ether oxygens (including phenoxy) is 3. The molecule has 3 rings (SSSR count). The van der Waals surface area contributed by atoms with E-state index < -0.39 is 0 Å². The fraction of sp³-hybridized carbons (Fsp3) is 0.500. The average molecular weight is 408 g/mol. The van der Waals surface area contributed by atoms with Gasteiger partial charge in [0.15, 0.2) is 11.5 Å². The molecule has 1 atom stereocenters. The molecule has 0 radical (unpaired) electrons. The van der Waals surface area contributed by atoms with Gasteiger partial charge in [0.25, 0.3) is 5.91 Å². The van der Waals surface area contributed by atoms with E-state index in [1.54, 1.807) is 12.0 Å². The maximum absolute atomic E-state index is 12.7. The van der Waals surface area contributed by atoms with E-state index in [0.29, 0.717) is 33.9 Å². The standard InChI is InChI=1S/C20H25NO4S2/c1-3-4-9-25-16-8-7-14(11-17(16)23-2)12-18-19(22)21(20(26)27-18)13-15-6-5-10-24-15/h7-8,11-12,15H,3-6,9-10,13H2,1-2H3/b18-12-. The van der Waals surface area contributed by atoms with Gasteiger partial charge in [-0.05, 0) is 43.0 Å². The number of benzene rings is 1. The van der Waals surface area contributed by atoms with Gasteiger partial charge in [0.1, 0.15) is 4.32 Å². The lowest BCUT2D eigenvalue weighted by molar-refractivity contribution is -0.123. The Balaban J connectivity index is 1.71. The Morgan fingerprint density at radius 1 is 1.41 bits per heavy atom. The summed E-state index contributed by atoms with van der Waals surface area (Å²) in [6.07, 6.45) is 6.04. The summed E-state index contributed by atoms with van der Waals surface area (Å²) in [6, 6.07) is 5.69. The van der Waals surface area contributed by atoms with Crippen LogP contribution in [0.5, 0.6) is 11.5 Å². The molecule has 1 aromatic rings. The summed E-state index contributed by atoms with van der Waals surface area (Å²) in [5, 5.41) is 0. The third-order valence-electron chi connectivity index (χ3n) is 4.52. The van der Waals surface area contributed by atoms with Gasteiger partial charge in [0.2, 0.25) is 0 Å². The molecule has 1 aromatic carbocycles. The maximum Gasteiger partial charge on any atom is 0.266 e. The second-order valence-electron chi connectivity index (χ2n) is 6.54. The van der Waals surface area contributed by atoms with Gasteiger partial charge in [-0.1, -0.05) is 43.4 Å². The Morgan fingerprint density at radius 2 is 2.26 bits per heavy atom. The van der Waals surface area contributed by atoms with E-state index in [1.807, 2.05) is 24.3 Å². The molecule has 1 unspecified atom stereocenters. The monoisotopic (exact) mass is 407 g/mol. The van der Waals surface area contributed by atoms with Crippen molar-refractivity contribution in [2.45, 2.75) is 38.7 Å². The lowest BCUT2D eigenvalue weighted by Crippen LogP contribution is -2.35. The van der Waals surface area contributed by atoms with Crippen molar-refractivity contribution in [1.29, 1.82) is 0 Å². The Labute approximate surface area is 170 Å². The molecule has 1 amide bonds.